The van der Waals surface area contributed by atoms with Gasteiger partial charge in [-0.1, -0.05) is 313 Å². The third-order valence-corrected chi connectivity index (χ3v) is 16.8. The summed E-state index contributed by atoms with van der Waals surface area (Å²) in [5, 5.41) is 0. The van der Waals surface area contributed by atoms with Crippen molar-refractivity contribution < 1.29 is 18.1 Å². The number of rotatable bonds is 54. The minimum atomic E-state index is -4.07. The van der Waals surface area contributed by atoms with Crippen molar-refractivity contribution in [1.29, 1.82) is 0 Å². The van der Waals surface area contributed by atoms with Crippen LogP contribution in [0.15, 0.2) is 0 Å². The van der Waals surface area contributed by atoms with E-state index in [1.54, 1.807) is 0 Å². The lowest BCUT2D eigenvalue weighted by molar-refractivity contribution is -0.0900. The fourth-order valence-corrected chi connectivity index (χ4v) is 13.4. The Morgan fingerprint density at radius 3 is 0.523 bits per heavy atom. The molecule has 4 nitrogen and oxygen atoms in total. The molecule has 0 aromatic heterocycles. The first-order valence-electron chi connectivity index (χ1n) is 30.4. The Bertz CT molecular complexity index is 841. The van der Waals surface area contributed by atoms with Crippen LogP contribution < -0.4 is 0 Å². The van der Waals surface area contributed by atoms with E-state index in [1.165, 1.54) is 193 Å². The van der Waals surface area contributed by atoms with Crippen molar-refractivity contribution in [1.82, 2.24) is 0 Å². The van der Waals surface area contributed by atoms with Gasteiger partial charge in [-0.15, -0.1) is 0 Å². The van der Waals surface area contributed by atoms with Crippen LogP contribution in [0.4, 0.5) is 0 Å². The second kappa shape index (κ2) is 45.3. The summed E-state index contributed by atoms with van der Waals surface area (Å²) in [4.78, 5) is 0. The lowest BCUT2D eigenvalue weighted by Gasteiger charge is -2.45. The zero-order chi connectivity index (χ0) is 48.1. The zero-order valence-corrected chi connectivity index (χ0v) is 47.4. The zero-order valence-electron chi connectivity index (χ0n) is 46.5. The molecule has 0 aliphatic rings. The summed E-state index contributed by atoms with van der Waals surface area (Å²) in [5.41, 5.74) is -1.47. The Labute approximate surface area is 411 Å². The third kappa shape index (κ3) is 35.0. The minimum Gasteiger partial charge on any atom is -0.280 e. The van der Waals surface area contributed by atoms with Gasteiger partial charge in [-0.3, -0.25) is 13.6 Å². The predicted octanol–water partition coefficient (Wildman–Crippen LogP) is 23.3. The van der Waals surface area contributed by atoms with Crippen LogP contribution in [0, 0.1) is 0 Å². The van der Waals surface area contributed by atoms with Crippen LogP contribution in [-0.2, 0) is 18.1 Å². The summed E-state index contributed by atoms with van der Waals surface area (Å²) in [6.07, 6.45) is 56.9. The fraction of sp³-hybridized carbons (Fsp3) is 1.00. The van der Waals surface area contributed by atoms with Gasteiger partial charge in [0.2, 0.25) is 0 Å². The molecule has 0 fully saturated rings. The van der Waals surface area contributed by atoms with Gasteiger partial charge in [0.05, 0.1) is 16.8 Å². The fourth-order valence-electron chi connectivity index (χ4n) is 11.0. The minimum absolute atomic E-state index is 0.490. The van der Waals surface area contributed by atoms with Gasteiger partial charge >= 0.3 is 7.82 Å². The molecule has 0 N–H and O–H groups in total. The molecule has 0 rings (SSSR count). The Kier molecular flexibility index (Phi) is 45.3. The van der Waals surface area contributed by atoms with Gasteiger partial charge in [-0.25, -0.2) is 4.57 Å². The quantitative estimate of drug-likeness (QED) is 0.0450. The molecule has 0 aromatic rings. The number of unbranched alkanes of at least 4 members (excludes halogenated alkanes) is 30. The Morgan fingerprint density at radius 1 is 0.215 bits per heavy atom. The van der Waals surface area contributed by atoms with Crippen LogP contribution in [0.5, 0.6) is 0 Å². The van der Waals surface area contributed by atoms with E-state index in [0.29, 0.717) is 0 Å². The van der Waals surface area contributed by atoms with Crippen LogP contribution in [-0.4, -0.2) is 16.8 Å². The Hall–Kier alpha value is 0.110. The highest BCUT2D eigenvalue weighted by Gasteiger charge is 2.50. The highest BCUT2D eigenvalue weighted by atomic mass is 31.2. The Balaban J connectivity index is 7.55. The van der Waals surface area contributed by atoms with E-state index in [4.69, 9.17) is 13.6 Å². The van der Waals surface area contributed by atoms with Crippen molar-refractivity contribution in [2.45, 2.75) is 387 Å². The maximum atomic E-state index is 16.9. The molecule has 0 saturated heterocycles. The molecular formula is C60H123O4P. The summed E-state index contributed by atoms with van der Waals surface area (Å²) >= 11 is 0. The van der Waals surface area contributed by atoms with Crippen molar-refractivity contribution in [3.8, 4) is 0 Å². The molecule has 0 saturated carbocycles. The first-order chi connectivity index (χ1) is 31.7. The van der Waals surface area contributed by atoms with E-state index in [-0.39, 0.29) is 0 Å². The molecule has 0 aliphatic heterocycles. The van der Waals surface area contributed by atoms with Gasteiger partial charge in [0, 0.05) is 0 Å². The van der Waals surface area contributed by atoms with Crippen LogP contribution in [0.3, 0.4) is 0 Å². The molecule has 0 aromatic carbocycles. The number of phosphoric acid groups is 1. The van der Waals surface area contributed by atoms with Crippen molar-refractivity contribution in [2.24, 2.45) is 0 Å². The summed E-state index contributed by atoms with van der Waals surface area (Å²) in [7, 11) is -4.07. The molecule has 5 heteroatoms. The lowest BCUT2D eigenvalue weighted by Crippen LogP contribution is -2.40. The van der Waals surface area contributed by atoms with Crippen molar-refractivity contribution in [3.05, 3.63) is 0 Å². The standard InChI is InChI=1S/C60H123O4P/c1-10-19-25-31-37-43-52-58(49-16-7,53-44-38-32-26-20-11-2)62-65(61,63-59(50-17-8,54-45-39-33-27-21-12-3)55-46-40-34-28-22-13-4)64-60(51-18-9,56-47-41-35-29-23-14-5)57-48-42-36-30-24-15-6/h10-57H2,1-9H3. The van der Waals surface area contributed by atoms with Crippen molar-refractivity contribution >= 4 is 7.82 Å². The summed E-state index contributed by atoms with van der Waals surface area (Å²) in [6.45, 7) is 20.8. The monoisotopic (exact) mass is 939 g/mol. The molecule has 0 heterocycles. The van der Waals surface area contributed by atoms with Gasteiger partial charge < -0.3 is 0 Å². The van der Waals surface area contributed by atoms with Crippen LogP contribution in [0.2, 0.25) is 0 Å². The van der Waals surface area contributed by atoms with E-state index in [1.807, 2.05) is 0 Å². The molecule has 0 amide bonds. The average molecular weight is 940 g/mol. The van der Waals surface area contributed by atoms with Crippen LogP contribution in [0.1, 0.15) is 371 Å². The summed E-state index contributed by atoms with van der Waals surface area (Å²) in [5.74, 6) is 0. The van der Waals surface area contributed by atoms with Gasteiger partial charge in [0.1, 0.15) is 0 Å². The summed E-state index contributed by atoms with van der Waals surface area (Å²) in [6, 6.07) is 0. The van der Waals surface area contributed by atoms with E-state index in [2.05, 4.69) is 62.3 Å². The molecule has 0 unspecified atom stereocenters. The number of phosphoric ester groups is 1. The molecular weight excluding hydrogens is 816 g/mol. The first kappa shape index (κ1) is 65.1. The topological polar surface area (TPSA) is 44.8 Å². The smallest absolute Gasteiger partial charge is 0.280 e. The lowest BCUT2D eigenvalue weighted by atomic mass is 9.86. The third-order valence-electron chi connectivity index (χ3n) is 14.9. The molecule has 0 spiro atoms. The largest absolute Gasteiger partial charge is 0.476 e. The Morgan fingerprint density at radius 2 is 0.369 bits per heavy atom. The van der Waals surface area contributed by atoms with E-state index < -0.39 is 24.6 Å². The molecule has 0 radical (unpaired) electrons. The maximum Gasteiger partial charge on any atom is 0.476 e. The first-order valence-corrected chi connectivity index (χ1v) is 31.8. The van der Waals surface area contributed by atoms with Gasteiger partial charge in [0.25, 0.3) is 0 Å². The average Bonchev–Trinajstić information content (AvgIpc) is 3.28. The highest BCUT2D eigenvalue weighted by molar-refractivity contribution is 7.48. The molecule has 65 heavy (non-hydrogen) atoms. The van der Waals surface area contributed by atoms with Crippen LogP contribution >= 0.6 is 7.82 Å². The summed E-state index contributed by atoms with van der Waals surface area (Å²) < 4.78 is 39.9. The molecule has 0 atom stereocenters. The maximum absolute atomic E-state index is 16.9. The second-order valence-electron chi connectivity index (χ2n) is 21.6. The number of hydrogen-bond acceptors (Lipinski definition) is 4. The second-order valence-corrected chi connectivity index (χ2v) is 23.1. The highest BCUT2D eigenvalue weighted by Crippen LogP contribution is 2.63. The van der Waals surface area contributed by atoms with Crippen molar-refractivity contribution in [3.63, 3.8) is 0 Å². The van der Waals surface area contributed by atoms with Gasteiger partial charge in [0.15, 0.2) is 0 Å². The molecule has 0 aliphatic carbocycles. The van der Waals surface area contributed by atoms with Gasteiger partial charge in [-0.05, 0) is 57.8 Å². The van der Waals surface area contributed by atoms with E-state index >= 15 is 4.57 Å². The van der Waals surface area contributed by atoms with E-state index in [0.717, 1.165) is 116 Å². The number of hydrogen-bond donors (Lipinski definition) is 0. The molecule has 392 valence electrons. The molecule has 0 bridgehead atoms. The normalized spacial score (nSPS) is 12.8. The van der Waals surface area contributed by atoms with Crippen LogP contribution in [0.25, 0.3) is 0 Å². The SMILES string of the molecule is CCCCCCCCC(CCC)(CCCCCCCC)OP(=O)(OC(CCC)(CCCCCCCC)CCCCCCCC)OC(CCC)(CCCCCCCC)CCCCCCCC. The van der Waals surface area contributed by atoms with E-state index in [9.17, 15) is 0 Å². The predicted molar refractivity (Wildman–Crippen MR) is 292 cm³/mol. The van der Waals surface area contributed by atoms with Crippen molar-refractivity contribution in [2.75, 3.05) is 0 Å². The van der Waals surface area contributed by atoms with Gasteiger partial charge in [-0.2, -0.15) is 0 Å².